The normalized spacial score (nSPS) is 9.31. The Morgan fingerprint density at radius 2 is 2.38 bits per heavy atom. The highest BCUT2D eigenvalue weighted by Crippen LogP contribution is 2.10. The summed E-state index contributed by atoms with van der Waals surface area (Å²) in [5.41, 5.74) is 4.52. The summed E-state index contributed by atoms with van der Waals surface area (Å²) in [7, 11) is 0. The number of hydrazine groups is 1. The number of hydrogen-bond acceptors (Lipinski definition) is 6. The number of carbonyl (C=O) groups is 1. The van der Waals surface area contributed by atoms with E-state index in [9.17, 15) is 14.9 Å². The molecule has 1 rings (SSSR count). The van der Waals surface area contributed by atoms with Crippen molar-refractivity contribution in [2.24, 2.45) is 0 Å². The first-order chi connectivity index (χ1) is 7.63. The molecule has 0 bridgehead atoms. The van der Waals surface area contributed by atoms with Crippen LogP contribution in [0.1, 0.15) is 6.92 Å². The summed E-state index contributed by atoms with van der Waals surface area (Å²) in [5, 5.41) is 10.3. The summed E-state index contributed by atoms with van der Waals surface area (Å²) < 4.78 is 4.58. The largest absolute Gasteiger partial charge is 0.449 e. The SMILES string of the molecule is CCOC(=O)NNc1ccc([N+](=O)[O-])cn1. The van der Waals surface area contributed by atoms with Gasteiger partial charge >= 0.3 is 6.09 Å². The first-order valence-electron chi connectivity index (χ1n) is 4.42. The molecule has 8 heteroatoms. The molecule has 1 aromatic heterocycles. The summed E-state index contributed by atoms with van der Waals surface area (Å²) in [6.07, 6.45) is 0.428. The molecule has 86 valence electrons. The second-order valence-corrected chi connectivity index (χ2v) is 2.63. The molecule has 1 aromatic rings. The van der Waals surface area contributed by atoms with E-state index in [2.05, 4.69) is 20.6 Å². The number of nitro groups is 1. The molecule has 16 heavy (non-hydrogen) atoms. The van der Waals surface area contributed by atoms with Gasteiger partial charge in [0.1, 0.15) is 12.0 Å². The molecule has 1 heterocycles. The number of rotatable bonds is 4. The molecule has 1 amide bonds. The predicted octanol–water partition coefficient (Wildman–Crippen LogP) is 1.06. The molecule has 0 aliphatic rings. The maximum atomic E-state index is 10.9. The van der Waals surface area contributed by atoms with Gasteiger partial charge in [-0.25, -0.2) is 15.2 Å². The number of aromatic nitrogens is 1. The Morgan fingerprint density at radius 1 is 1.62 bits per heavy atom. The van der Waals surface area contributed by atoms with E-state index in [1.165, 1.54) is 12.1 Å². The minimum atomic E-state index is -0.650. The summed E-state index contributed by atoms with van der Waals surface area (Å²) in [5.74, 6) is 0.277. The minimum Gasteiger partial charge on any atom is -0.449 e. The fourth-order valence-corrected chi connectivity index (χ4v) is 0.850. The van der Waals surface area contributed by atoms with Gasteiger partial charge in [-0.2, -0.15) is 0 Å². The number of carbonyl (C=O) groups excluding carboxylic acids is 1. The Kier molecular flexibility index (Phi) is 4.01. The Hall–Kier alpha value is -2.38. The van der Waals surface area contributed by atoms with Crippen molar-refractivity contribution >= 4 is 17.6 Å². The number of anilines is 1. The highest BCUT2D eigenvalue weighted by Gasteiger charge is 2.05. The van der Waals surface area contributed by atoms with Gasteiger partial charge in [-0.15, -0.1) is 0 Å². The standard InChI is InChI=1S/C8H10N4O4/c1-2-16-8(13)11-10-7-4-3-6(5-9-7)12(14)15/h3-5H,2H2,1H3,(H,9,10)(H,11,13). The zero-order valence-corrected chi connectivity index (χ0v) is 8.47. The van der Waals surface area contributed by atoms with Crippen LogP contribution in [0, 0.1) is 10.1 Å². The molecule has 0 aliphatic heterocycles. The molecular weight excluding hydrogens is 216 g/mol. The van der Waals surface area contributed by atoms with Crippen LogP contribution in [0.5, 0.6) is 0 Å². The topological polar surface area (TPSA) is 106 Å². The highest BCUT2D eigenvalue weighted by molar-refractivity contribution is 5.68. The van der Waals surface area contributed by atoms with Gasteiger partial charge in [0.15, 0.2) is 0 Å². The first kappa shape index (κ1) is 11.7. The van der Waals surface area contributed by atoms with Crippen molar-refractivity contribution in [3.05, 3.63) is 28.4 Å². The predicted molar refractivity (Wildman–Crippen MR) is 54.7 cm³/mol. The zero-order valence-electron chi connectivity index (χ0n) is 8.47. The molecule has 0 atom stereocenters. The minimum absolute atomic E-state index is 0.123. The maximum Gasteiger partial charge on any atom is 0.425 e. The molecule has 0 spiro atoms. The van der Waals surface area contributed by atoms with Crippen molar-refractivity contribution in [2.75, 3.05) is 12.0 Å². The van der Waals surface area contributed by atoms with Gasteiger partial charge in [0.25, 0.3) is 5.69 Å². The second kappa shape index (κ2) is 5.49. The number of hydrogen-bond donors (Lipinski definition) is 2. The maximum absolute atomic E-state index is 10.9. The van der Waals surface area contributed by atoms with E-state index in [1.807, 2.05) is 0 Å². The lowest BCUT2D eigenvalue weighted by molar-refractivity contribution is -0.385. The van der Waals surface area contributed by atoms with Crippen molar-refractivity contribution in [1.82, 2.24) is 10.4 Å². The molecule has 0 saturated carbocycles. The van der Waals surface area contributed by atoms with Gasteiger partial charge < -0.3 is 4.74 Å². The smallest absolute Gasteiger partial charge is 0.425 e. The molecule has 0 aromatic carbocycles. The monoisotopic (exact) mass is 226 g/mol. The lowest BCUT2D eigenvalue weighted by Gasteiger charge is -2.06. The highest BCUT2D eigenvalue weighted by atomic mass is 16.6. The van der Waals surface area contributed by atoms with Gasteiger partial charge in [-0.1, -0.05) is 0 Å². The van der Waals surface area contributed by atoms with Crippen molar-refractivity contribution < 1.29 is 14.5 Å². The van der Waals surface area contributed by atoms with E-state index in [0.29, 0.717) is 0 Å². The summed E-state index contributed by atoms with van der Waals surface area (Å²) in [6.45, 7) is 1.92. The van der Waals surface area contributed by atoms with Gasteiger partial charge in [-0.3, -0.25) is 15.5 Å². The summed E-state index contributed by atoms with van der Waals surface area (Å²) >= 11 is 0. The lowest BCUT2D eigenvalue weighted by Crippen LogP contribution is -2.30. The van der Waals surface area contributed by atoms with E-state index in [1.54, 1.807) is 6.92 Å². The van der Waals surface area contributed by atoms with Crippen LogP contribution < -0.4 is 10.9 Å². The van der Waals surface area contributed by atoms with Crippen LogP contribution in [0.4, 0.5) is 16.3 Å². The Morgan fingerprint density at radius 3 is 2.88 bits per heavy atom. The third-order valence-corrected chi connectivity index (χ3v) is 1.53. The summed E-state index contributed by atoms with van der Waals surface area (Å²) in [6, 6.07) is 2.63. The first-order valence-corrected chi connectivity index (χ1v) is 4.42. The van der Waals surface area contributed by atoms with Gasteiger partial charge in [-0.05, 0) is 13.0 Å². The van der Waals surface area contributed by atoms with Crippen LogP contribution in [0.15, 0.2) is 18.3 Å². The van der Waals surface area contributed by atoms with Crippen molar-refractivity contribution in [3.8, 4) is 0 Å². The molecule has 0 radical (unpaired) electrons. The average Bonchev–Trinajstić information content (AvgIpc) is 2.27. The molecule has 0 fully saturated rings. The van der Waals surface area contributed by atoms with E-state index >= 15 is 0 Å². The van der Waals surface area contributed by atoms with Gasteiger partial charge in [0.2, 0.25) is 0 Å². The molecule has 8 nitrogen and oxygen atoms in total. The van der Waals surface area contributed by atoms with E-state index < -0.39 is 11.0 Å². The Balaban J connectivity index is 2.49. The number of nitrogens with zero attached hydrogens (tertiary/aromatic N) is 2. The van der Waals surface area contributed by atoms with Crippen molar-refractivity contribution in [1.29, 1.82) is 0 Å². The summed E-state index contributed by atoms with van der Waals surface area (Å²) in [4.78, 5) is 24.3. The quantitative estimate of drug-likeness (QED) is 0.587. The fraction of sp³-hybridized carbons (Fsp3) is 0.250. The average molecular weight is 226 g/mol. The van der Waals surface area contributed by atoms with E-state index in [4.69, 9.17) is 0 Å². The Bertz CT molecular complexity index is 378. The van der Waals surface area contributed by atoms with Crippen molar-refractivity contribution in [3.63, 3.8) is 0 Å². The molecular formula is C8H10N4O4. The Labute approximate surface area is 90.7 Å². The second-order valence-electron chi connectivity index (χ2n) is 2.63. The third-order valence-electron chi connectivity index (χ3n) is 1.53. The third kappa shape index (κ3) is 3.40. The van der Waals surface area contributed by atoms with E-state index in [0.717, 1.165) is 6.20 Å². The van der Waals surface area contributed by atoms with Crippen LogP contribution in [0.25, 0.3) is 0 Å². The molecule has 0 aliphatic carbocycles. The molecule has 0 unspecified atom stereocenters. The molecule has 0 saturated heterocycles. The zero-order chi connectivity index (χ0) is 12.0. The van der Waals surface area contributed by atoms with Gasteiger partial charge in [0, 0.05) is 6.07 Å². The van der Waals surface area contributed by atoms with Gasteiger partial charge in [0.05, 0.1) is 11.5 Å². The van der Waals surface area contributed by atoms with Crippen LogP contribution in [-0.2, 0) is 4.74 Å². The number of nitrogens with one attached hydrogen (secondary N) is 2. The number of ether oxygens (including phenoxy) is 1. The number of amides is 1. The van der Waals surface area contributed by atoms with Crippen LogP contribution in [0.2, 0.25) is 0 Å². The fourth-order valence-electron chi connectivity index (χ4n) is 0.850. The molecule has 2 N–H and O–H groups in total. The van der Waals surface area contributed by atoms with Crippen LogP contribution >= 0.6 is 0 Å². The lowest BCUT2D eigenvalue weighted by atomic mass is 10.4. The van der Waals surface area contributed by atoms with Crippen LogP contribution in [0.3, 0.4) is 0 Å². The van der Waals surface area contributed by atoms with Crippen LogP contribution in [-0.4, -0.2) is 22.6 Å². The van der Waals surface area contributed by atoms with E-state index in [-0.39, 0.29) is 18.1 Å². The number of pyridine rings is 1. The van der Waals surface area contributed by atoms with Crippen molar-refractivity contribution in [2.45, 2.75) is 6.92 Å².